The molecule has 0 aliphatic rings. The second-order valence-electron chi connectivity index (χ2n) is 4.33. The maximum absolute atomic E-state index is 12.0. The van der Waals surface area contributed by atoms with Crippen LogP contribution in [0.4, 0.5) is 11.4 Å². The van der Waals surface area contributed by atoms with Gasteiger partial charge in [-0.2, -0.15) is 0 Å². The molecular formula is C14H14N2O4. The van der Waals surface area contributed by atoms with Crippen LogP contribution in [-0.2, 0) is 0 Å². The van der Waals surface area contributed by atoms with Crippen LogP contribution < -0.4 is 10.2 Å². The molecule has 1 heterocycles. The van der Waals surface area contributed by atoms with Crippen molar-refractivity contribution in [2.24, 2.45) is 0 Å². The number of nitrogens with one attached hydrogen (secondary N) is 1. The van der Waals surface area contributed by atoms with Crippen molar-refractivity contribution in [3.63, 3.8) is 0 Å². The van der Waals surface area contributed by atoms with E-state index in [1.165, 1.54) is 12.1 Å². The molecule has 104 valence electrons. The van der Waals surface area contributed by atoms with Crippen molar-refractivity contribution in [1.29, 1.82) is 0 Å². The summed E-state index contributed by atoms with van der Waals surface area (Å²) >= 11 is 0. The van der Waals surface area contributed by atoms with E-state index < -0.39 is 11.9 Å². The van der Waals surface area contributed by atoms with E-state index in [0.29, 0.717) is 5.69 Å². The Morgan fingerprint density at radius 2 is 1.75 bits per heavy atom. The minimum Gasteiger partial charge on any atom is -0.475 e. The number of benzene rings is 1. The van der Waals surface area contributed by atoms with Crippen molar-refractivity contribution in [3.05, 3.63) is 47.9 Å². The van der Waals surface area contributed by atoms with E-state index in [9.17, 15) is 9.59 Å². The molecule has 2 N–H and O–H groups in total. The van der Waals surface area contributed by atoms with Crippen LogP contribution in [0.5, 0.6) is 0 Å². The van der Waals surface area contributed by atoms with Crippen LogP contribution in [-0.4, -0.2) is 31.1 Å². The molecule has 6 heteroatoms. The summed E-state index contributed by atoms with van der Waals surface area (Å²) < 4.78 is 4.95. The number of hydrogen-bond acceptors (Lipinski definition) is 4. The monoisotopic (exact) mass is 274 g/mol. The quantitative estimate of drug-likeness (QED) is 0.893. The molecule has 2 aromatic rings. The normalized spacial score (nSPS) is 10.1. The first-order valence-corrected chi connectivity index (χ1v) is 5.90. The molecule has 0 bridgehead atoms. The third-order valence-corrected chi connectivity index (χ3v) is 2.67. The number of aromatic carboxylic acids is 1. The van der Waals surface area contributed by atoms with Crippen LogP contribution in [0.2, 0.25) is 0 Å². The van der Waals surface area contributed by atoms with E-state index in [4.69, 9.17) is 9.52 Å². The van der Waals surface area contributed by atoms with Gasteiger partial charge in [-0.3, -0.25) is 4.79 Å². The van der Waals surface area contributed by atoms with Gasteiger partial charge >= 0.3 is 5.97 Å². The second-order valence-corrected chi connectivity index (χ2v) is 4.33. The lowest BCUT2D eigenvalue weighted by Gasteiger charge is -2.17. The molecule has 0 spiro atoms. The summed E-state index contributed by atoms with van der Waals surface area (Å²) in [5.74, 6) is -2.02. The molecule has 0 aliphatic carbocycles. The van der Waals surface area contributed by atoms with E-state index in [1.54, 1.807) is 12.1 Å². The molecule has 6 nitrogen and oxygen atoms in total. The molecule has 1 aromatic carbocycles. The average Bonchev–Trinajstić information content (AvgIpc) is 2.89. The number of amides is 1. The number of carboxylic acids is 1. The van der Waals surface area contributed by atoms with Gasteiger partial charge in [0.25, 0.3) is 5.91 Å². The summed E-state index contributed by atoms with van der Waals surface area (Å²) in [6, 6.07) is 9.86. The zero-order chi connectivity index (χ0) is 14.7. The molecule has 0 fully saturated rings. The second kappa shape index (κ2) is 5.48. The minimum atomic E-state index is -1.21. The number of nitrogens with zero attached hydrogens (tertiary/aromatic N) is 1. The van der Waals surface area contributed by atoms with Gasteiger partial charge in [-0.05, 0) is 24.3 Å². The summed E-state index contributed by atoms with van der Waals surface area (Å²) in [5, 5.41) is 11.4. The van der Waals surface area contributed by atoms with E-state index in [2.05, 4.69) is 5.32 Å². The molecule has 0 radical (unpaired) electrons. The van der Waals surface area contributed by atoms with E-state index in [-0.39, 0.29) is 11.5 Å². The summed E-state index contributed by atoms with van der Waals surface area (Å²) in [4.78, 5) is 24.6. The van der Waals surface area contributed by atoms with Crippen molar-refractivity contribution in [1.82, 2.24) is 0 Å². The Bertz CT molecular complexity index is 646. The zero-order valence-corrected chi connectivity index (χ0v) is 11.1. The Morgan fingerprint density at radius 1 is 1.10 bits per heavy atom. The van der Waals surface area contributed by atoms with E-state index in [0.717, 1.165) is 5.69 Å². The van der Waals surface area contributed by atoms with Crippen LogP contribution in [0.3, 0.4) is 0 Å². The standard InChI is InChI=1S/C14H14N2O4/c1-16(2)10-6-4-3-5-9(10)15-13(17)11-7-8-12(20-11)14(18)19/h3-8H,1-2H3,(H,15,17)(H,18,19). The van der Waals surface area contributed by atoms with Crippen LogP contribution in [0.15, 0.2) is 40.8 Å². The fourth-order valence-electron chi connectivity index (χ4n) is 1.73. The molecule has 1 aromatic heterocycles. The average molecular weight is 274 g/mol. The van der Waals surface area contributed by atoms with Gasteiger partial charge in [-0.25, -0.2) is 4.79 Å². The van der Waals surface area contributed by atoms with Crippen LogP contribution in [0, 0.1) is 0 Å². The summed E-state index contributed by atoms with van der Waals surface area (Å²) in [7, 11) is 3.72. The predicted octanol–water partition coefficient (Wildman–Crippen LogP) is 2.30. The zero-order valence-electron chi connectivity index (χ0n) is 11.1. The minimum absolute atomic E-state index is 0.0454. The van der Waals surface area contributed by atoms with Crippen molar-refractivity contribution in [2.75, 3.05) is 24.3 Å². The molecule has 0 saturated heterocycles. The number of carboxylic acid groups (broad SMARTS) is 1. The number of rotatable bonds is 4. The van der Waals surface area contributed by atoms with Crippen molar-refractivity contribution < 1.29 is 19.1 Å². The first-order valence-electron chi connectivity index (χ1n) is 5.90. The maximum atomic E-state index is 12.0. The third-order valence-electron chi connectivity index (χ3n) is 2.67. The molecular weight excluding hydrogens is 260 g/mol. The predicted molar refractivity (Wildman–Crippen MR) is 74.4 cm³/mol. The molecule has 0 saturated carbocycles. The van der Waals surface area contributed by atoms with E-state index >= 15 is 0 Å². The van der Waals surface area contributed by atoms with Gasteiger partial charge in [-0.15, -0.1) is 0 Å². The van der Waals surface area contributed by atoms with Crippen molar-refractivity contribution >= 4 is 23.3 Å². The lowest BCUT2D eigenvalue weighted by molar-refractivity contribution is 0.0660. The first-order chi connectivity index (χ1) is 9.49. The Hall–Kier alpha value is -2.76. The first kappa shape index (κ1) is 13.7. The largest absolute Gasteiger partial charge is 0.475 e. The van der Waals surface area contributed by atoms with Crippen LogP contribution >= 0.6 is 0 Å². The Balaban J connectivity index is 2.21. The summed E-state index contributed by atoms with van der Waals surface area (Å²) in [6.07, 6.45) is 0. The molecule has 0 unspecified atom stereocenters. The number of para-hydroxylation sites is 2. The number of hydrogen-bond donors (Lipinski definition) is 2. The fraction of sp³-hybridized carbons (Fsp3) is 0.143. The Morgan fingerprint density at radius 3 is 2.35 bits per heavy atom. The Labute approximate surface area is 115 Å². The molecule has 2 rings (SSSR count). The van der Waals surface area contributed by atoms with Gasteiger partial charge in [0, 0.05) is 14.1 Å². The topological polar surface area (TPSA) is 82.8 Å². The number of anilines is 2. The number of furan rings is 1. The van der Waals surface area contributed by atoms with Crippen LogP contribution in [0.1, 0.15) is 21.1 Å². The Kier molecular flexibility index (Phi) is 3.74. The van der Waals surface area contributed by atoms with Gasteiger partial charge in [0.1, 0.15) is 0 Å². The molecule has 1 amide bonds. The molecule has 20 heavy (non-hydrogen) atoms. The van der Waals surface area contributed by atoms with E-state index in [1.807, 2.05) is 31.1 Å². The summed E-state index contributed by atoms with van der Waals surface area (Å²) in [5.41, 5.74) is 1.46. The van der Waals surface area contributed by atoms with Gasteiger partial charge in [0.2, 0.25) is 5.76 Å². The SMILES string of the molecule is CN(C)c1ccccc1NC(=O)c1ccc(C(=O)O)o1. The van der Waals surface area contributed by atoms with Gasteiger partial charge < -0.3 is 19.7 Å². The molecule has 0 aliphatic heterocycles. The van der Waals surface area contributed by atoms with Crippen molar-refractivity contribution in [2.45, 2.75) is 0 Å². The highest BCUT2D eigenvalue weighted by Crippen LogP contribution is 2.24. The number of carbonyl (C=O) groups is 2. The van der Waals surface area contributed by atoms with Gasteiger partial charge in [-0.1, -0.05) is 12.1 Å². The highest BCUT2D eigenvalue weighted by Gasteiger charge is 2.16. The lowest BCUT2D eigenvalue weighted by Crippen LogP contribution is -2.16. The third kappa shape index (κ3) is 2.80. The lowest BCUT2D eigenvalue weighted by atomic mass is 10.2. The van der Waals surface area contributed by atoms with Gasteiger partial charge in [0.15, 0.2) is 5.76 Å². The summed E-state index contributed by atoms with van der Waals surface area (Å²) in [6.45, 7) is 0. The fourth-order valence-corrected chi connectivity index (χ4v) is 1.73. The smallest absolute Gasteiger partial charge is 0.371 e. The van der Waals surface area contributed by atoms with Crippen molar-refractivity contribution in [3.8, 4) is 0 Å². The molecule has 0 atom stereocenters. The van der Waals surface area contributed by atoms with Crippen LogP contribution in [0.25, 0.3) is 0 Å². The number of carbonyl (C=O) groups excluding carboxylic acids is 1. The maximum Gasteiger partial charge on any atom is 0.371 e. The van der Waals surface area contributed by atoms with Gasteiger partial charge in [0.05, 0.1) is 11.4 Å². The highest BCUT2D eigenvalue weighted by molar-refractivity contribution is 6.04. The highest BCUT2D eigenvalue weighted by atomic mass is 16.4.